The van der Waals surface area contributed by atoms with Crippen molar-refractivity contribution < 1.29 is 0 Å². The van der Waals surface area contributed by atoms with Crippen molar-refractivity contribution in [2.24, 2.45) is 9.98 Å². The summed E-state index contributed by atoms with van der Waals surface area (Å²) in [7, 11) is 0. The third-order valence-corrected chi connectivity index (χ3v) is 4.88. The fourth-order valence-electron chi connectivity index (χ4n) is 3.54. The normalized spacial score (nSPS) is 16.6. The lowest BCUT2D eigenvalue weighted by Gasteiger charge is -2.09. The van der Waals surface area contributed by atoms with Gasteiger partial charge < -0.3 is 0 Å². The highest BCUT2D eigenvalue weighted by Crippen LogP contribution is 2.14. The minimum absolute atomic E-state index is 0.879. The largest absolute Gasteiger partial charge is 0.245 e. The molecule has 2 heteroatoms. The number of hydrogen-bond donors (Lipinski definition) is 0. The van der Waals surface area contributed by atoms with E-state index >= 15 is 0 Å². The van der Waals surface area contributed by atoms with E-state index < -0.39 is 0 Å². The molecule has 0 aliphatic carbocycles. The van der Waals surface area contributed by atoms with Crippen molar-refractivity contribution in [3.05, 3.63) is 141 Å². The van der Waals surface area contributed by atoms with Gasteiger partial charge in [-0.15, -0.1) is 0 Å². The SMILES string of the molecule is c1ccc(/C2=c3\cccc\c3=C(/c3ccccc3)N=c3ccccc3=N2)cc1. The second-order valence-electron chi connectivity index (χ2n) is 6.69. The highest BCUT2D eigenvalue weighted by atomic mass is 14.8. The maximum absolute atomic E-state index is 5.05. The van der Waals surface area contributed by atoms with E-state index in [0.29, 0.717) is 0 Å². The van der Waals surface area contributed by atoms with Crippen molar-refractivity contribution in [1.82, 2.24) is 0 Å². The van der Waals surface area contributed by atoms with Crippen LogP contribution in [-0.4, -0.2) is 0 Å². The molecule has 2 nitrogen and oxygen atoms in total. The van der Waals surface area contributed by atoms with Gasteiger partial charge in [-0.2, -0.15) is 0 Å². The Morgan fingerprint density at radius 3 is 1.14 bits per heavy atom. The fraction of sp³-hybridized carbons (Fsp3) is 0. The molecule has 0 saturated carbocycles. The molecular weight excluding hydrogens is 340 g/mol. The van der Waals surface area contributed by atoms with Crippen molar-refractivity contribution in [3.63, 3.8) is 0 Å². The van der Waals surface area contributed by atoms with Crippen LogP contribution < -0.4 is 21.2 Å². The molecule has 1 aliphatic heterocycles. The monoisotopic (exact) mass is 358 g/mol. The third kappa shape index (κ3) is 2.95. The summed E-state index contributed by atoms with van der Waals surface area (Å²) in [5.74, 6) is 0. The van der Waals surface area contributed by atoms with Crippen LogP contribution in [0.15, 0.2) is 119 Å². The van der Waals surface area contributed by atoms with Gasteiger partial charge in [-0.25, -0.2) is 9.98 Å². The first-order valence-corrected chi connectivity index (χ1v) is 9.37. The van der Waals surface area contributed by atoms with Crippen LogP contribution in [0.1, 0.15) is 11.1 Å². The molecule has 0 amide bonds. The average Bonchev–Trinajstić information content (AvgIpc) is 2.76. The van der Waals surface area contributed by atoms with E-state index in [-0.39, 0.29) is 0 Å². The molecule has 0 radical (unpaired) electrons. The van der Waals surface area contributed by atoms with Gasteiger partial charge in [0.15, 0.2) is 0 Å². The van der Waals surface area contributed by atoms with Crippen LogP contribution in [0.5, 0.6) is 0 Å². The molecule has 0 aromatic heterocycles. The molecule has 0 saturated heterocycles. The van der Waals surface area contributed by atoms with E-state index in [0.717, 1.165) is 43.7 Å². The Labute approximate surface area is 163 Å². The summed E-state index contributed by atoms with van der Waals surface area (Å²) in [4.78, 5) is 10.1. The van der Waals surface area contributed by atoms with Crippen LogP contribution >= 0.6 is 0 Å². The molecule has 0 bridgehead atoms. The Bertz CT molecular complexity index is 1280. The summed E-state index contributed by atoms with van der Waals surface area (Å²) in [6.45, 7) is 0. The standard InChI is InChI=1S/C26H18N2/c1-3-11-19(12-4-1)25-21-15-7-8-16-22(21)26(20-13-5-2-6-14-20)28-24-18-10-9-17-23(24)27-25/h1-18H/b25-21-,26-22-,27-23?,27-25?,28-24?,28-26?. The van der Waals surface area contributed by atoms with Crippen LogP contribution in [0.3, 0.4) is 0 Å². The summed E-state index contributed by atoms with van der Waals surface area (Å²) >= 11 is 0. The lowest BCUT2D eigenvalue weighted by molar-refractivity contribution is 1.19. The van der Waals surface area contributed by atoms with E-state index in [1.165, 1.54) is 0 Å². The van der Waals surface area contributed by atoms with Crippen LogP contribution in [0.2, 0.25) is 0 Å². The predicted octanol–water partition coefficient (Wildman–Crippen LogP) is 2.95. The molecule has 0 spiro atoms. The maximum Gasteiger partial charge on any atom is 0.0894 e. The van der Waals surface area contributed by atoms with Crippen LogP contribution in [-0.2, 0) is 0 Å². The quantitative estimate of drug-likeness (QED) is 0.526. The molecule has 5 rings (SSSR count). The molecular formula is C26H18N2. The van der Waals surface area contributed by atoms with Gasteiger partial charge in [0.2, 0.25) is 0 Å². The van der Waals surface area contributed by atoms with Crippen molar-refractivity contribution in [3.8, 4) is 0 Å². The molecule has 1 heterocycles. The Hall–Kier alpha value is -3.78. The van der Waals surface area contributed by atoms with E-state index in [2.05, 4.69) is 72.8 Å². The lowest BCUT2D eigenvalue weighted by Crippen LogP contribution is -2.34. The molecule has 0 fully saturated rings. The van der Waals surface area contributed by atoms with Gasteiger partial charge in [-0.05, 0) is 12.1 Å². The van der Waals surface area contributed by atoms with Gasteiger partial charge >= 0.3 is 0 Å². The maximum atomic E-state index is 5.05. The number of rotatable bonds is 2. The van der Waals surface area contributed by atoms with Crippen molar-refractivity contribution in [1.29, 1.82) is 0 Å². The topological polar surface area (TPSA) is 24.7 Å². The summed E-state index contributed by atoms with van der Waals surface area (Å²) in [6.07, 6.45) is 0. The first-order chi connectivity index (χ1) is 13.9. The zero-order valence-electron chi connectivity index (χ0n) is 15.3. The Morgan fingerprint density at radius 2 is 0.714 bits per heavy atom. The minimum atomic E-state index is 0.879. The lowest BCUT2D eigenvalue weighted by atomic mass is 10.0. The van der Waals surface area contributed by atoms with Gasteiger partial charge in [0, 0.05) is 21.6 Å². The van der Waals surface area contributed by atoms with Gasteiger partial charge in [0.05, 0.1) is 22.1 Å². The number of nitrogens with zero attached hydrogens (tertiary/aromatic N) is 2. The Morgan fingerprint density at radius 1 is 0.357 bits per heavy atom. The molecule has 4 aromatic carbocycles. The second-order valence-corrected chi connectivity index (χ2v) is 6.69. The Balaban J connectivity index is 2.04. The summed E-state index contributed by atoms with van der Waals surface area (Å²) < 4.78 is 0. The van der Waals surface area contributed by atoms with Crippen molar-refractivity contribution in [2.75, 3.05) is 0 Å². The van der Waals surface area contributed by atoms with Gasteiger partial charge in [0.1, 0.15) is 0 Å². The molecule has 4 aromatic rings. The Kier molecular flexibility index (Phi) is 4.15. The van der Waals surface area contributed by atoms with E-state index in [1.807, 2.05) is 36.4 Å². The van der Waals surface area contributed by atoms with E-state index in [1.54, 1.807) is 0 Å². The molecule has 1 aliphatic rings. The average molecular weight is 358 g/mol. The van der Waals surface area contributed by atoms with Crippen LogP contribution in [0, 0.1) is 0 Å². The highest BCUT2D eigenvalue weighted by Gasteiger charge is 2.09. The molecule has 28 heavy (non-hydrogen) atoms. The highest BCUT2D eigenvalue weighted by molar-refractivity contribution is 5.70. The summed E-state index contributed by atoms with van der Waals surface area (Å²) in [5.41, 5.74) is 4.12. The van der Waals surface area contributed by atoms with Crippen molar-refractivity contribution in [2.45, 2.75) is 0 Å². The first kappa shape index (κ1) is 16.4. The fourth-order valence-corrected chi connectivity index (χ4v) is 3.54. The van der Waals surface area contributed by atoms with E-state index in [4.69, 9.17) is 9.98 Å². The second kappa shape index (κ2) is 7.09. The molecule has 0 atom stereocenters. The molecule has 0 unspecified atom stereocenters. The molecule has 0 N–H and O–H groups in total. The van der Waals surface area contributed by atoms with Gasteiger partial charge in [0.25, 0.3) is 0 Å². The zero-order chi connectivity index (χ0) is 18.8. The third-order valence-electron chi connectivity index (χ3n) is 4.88. The van der Waals surface area contributed by atoms with Crippen LogP contribution in [0.4, 0.5) is 0 Å². The summed E-state index contributed by atoms with van der Waals surface area (Å²) in [6, 6.07) is 37.2. The number of fused-ring (bicyclic) bond motifs is 2. The van der Waals surface area contributed by atoms with Gasteiger partial charge in [-0.1, -0.05) is 97.1 Å². The zero-order valence-corrected chi connectivity index (χ0v) is 15.3. The number of para-hydroxylation sites is 2. The first-order valence-electron chi connectivity index (χ1n) is 9.37. The van der Waals surface area contributed by atoms with E-state index in [9.17, 15) is 0 Å². The number of hydrogen-bond acceptors (Lipinski definition) is 2. The van der Waals surface area contributed by atoms with Gasteiger partial charge in [-0.3, -0.25) is 0 Å². The predicted molar refractivity (Wildman–Crippen MR) is 112 cm³/mol. The smallest absolute Gasteiger partial charge is 0.0894 e. The minimum Gasteiger partial charge on any atom is -0.245 e. The number of benzene rings is 4. The summed E-state index contributed by atoms with van der Waals surface area (Å²) in [5, 5.41) is 3.94. The van der Waals surface area contributed by atoms with Crippen molar-refractivity contribution >= 4 is 11.4 Å². The molecule has 132 valence electrons. The van der Waals surface area contributed by atoms with Crippen LogP contribution in [0.25, 0.3) is 11.4 Å².